The third-order valence-corrected chi connectivity index (χ3v) is 6.48. The van der Waals surface area contributed by atoms with Crippen LogP contribution in [0, 0.1) is 5.82 Å². The van der Waals surface area contributed by atoms with Crippen LogP contribution in [-0.4, -0.2) is 54.3 Å². The van der Waals surface area contributed by atoms with Gasteiger partial charge in [-0.05, 0) is 48.7 Å². The Balaban J connectivity index is 1.54. The van der Waals surface area contributed by atoms with Gasteiger partial charge in [-0.25, -0.2) is 8.78 Å². The largest absolute Gasteiger partial charge is 0.447 e. The normalized spacial score (nSPS) is 29.0. The zero-order valence-corrected chi connectivity index (χ0v) is 17.0. The van der Waals surface area contributed by atoms with E-state index in [4.69, 9.17) is 4.74 Å². The Morgan fingerprint density at radius 2 is 1.90 bits per heavy atom. The number of amidine groups is 1. The van der Waals surface area contributed by atoms with Crippen molar-refractivity contribution < 1.29 is 13.5 Å². The van der Waals surface area contributed by atoms with Crippen LogP contribution in [0.3, 0.4) is 0 Å². The van der Waals surface area contributed by atoms with Crippen molar-refractivity contribution in [3.63, 3.8) is 0 Å². The number of nitrogens with zero attached hydrogens (tertiary/aromatic N) is 3. The highest BCUT2D eigenvalue weighted by atomic mass is 19.1. The van der Waals surface area contributed by atoms with Gasteiger partial charge in [0.25, 0.3) is 6.02 Å². The number of likely N-dealkylation sites (tertiary alicyclic amines) is 1. The first-order valence-corrected chi connectivity index (χ1v) is 10.4. The van der Waals surface area contributed by atoms with Crippen molar-refractivity contribution in [3.05, 3.63) is 83.3 Å². The molecule has 2 aromatic carbocycles. The molecular formula is C24H25F2N3O. The van der Waals surface area contributed by atoms with Gasteiger partial charge in [0.1, 0.15) is 12.0 Å². The average molecular weight is 409 g/mol. The number of alkyl halides is 1. The zero-order valence-electron chi connectivity index (χ0n) is 17.0. The smallest absolute Gasteiger partial charge is 0.294 e. The molecule has 4 nitrogen and oxygen atoms in total. The molecule has 30 heavy (non-hydrogen) atoms. The number of halogens is 2. The second-order valence-electron chi connectivity index (χ2n) is 8.42. The van der Waals surface area contributed by atoms with Crippen molar-refractivity contribution in [1.29, 1.82) is 0 Å². The number of ether oxygens (including phenoxy) is 1. The summed E-state index contributed by atoms with van der Waals surface area (Å²) >= 11 is 0. The number of likely N-dealkylation sites (N-methyl/N-ethyl adjacent to an activating group) is 1. The molecule has 6 heteroatoms. The average Bonchev–Trinajstić information content (AvgIpc) is 3.07. The fourth-order valence-electron chi connectivity index (χ4n) is 4.87. The number of piperidine rings is 1. The number of rotatable bonds is 1. The molecule has 0 aliphatic carbocycles. The van der Waals surface area contributed by atoms with Gasteiger partial charge in [0.05, 0.1) is 11.7 Å². The van der Waals surface area contributed by atoms with Gasteiger partial charge in [0.2, 0.25) is 0 Å². The molecule has 1 spiro atoms. The van der Waals surface area contributed by atoms with Crippen LogP contribution in [0.1, 0.15) is 29.2 Å². The van der Waals surface area contributed by atoms with Gasteiger partial charge >= 0.3 is 0 Å². The standard InChI is InChI=1S/C24H25F2N3O/c1-16-24(15-28(2)13-12-21(24)26)30-23(27-16)29-14-11-17-5-3-4-6-20(17)22(29)18-7-9-19(25)10-8-18/h3-10,21-22H,1,11-15H2,2H3/t21-,22-,24+/m0/s1. The summed E-state index contributed by atoms with van der Waals surface area (Å²) < 4.78 is 35.0. The monoisotopic (exact) mass is 409 g/mol. The van der Waals surface area contributed by atoms with Crippen LogP contribution in [0.15, 0.2) is 65.8 Å². The van der Waals surface area contributed by atoms with Gasteiger partial charge in [0.15, 0.2) is 5.60 Å². The predicted molar refractivity (Wildman–Crippen MR) is 112 cm³/mol. The molecule has 3 aliphatic heterocycles. The summed E-state index contributed by atoms with van der Waals surface area (Å²) in [5.41, 5.74) is 2.63. The first-order valence-electron chi connectivity index (χ1n) is 10.4. The van der Waals surface area contributed by atoms with E-state index >= 15 is 4.39 Å². The maximum Gasteiger partial charge on any atom is 0.294 e. The van der Waals surface area contributed by atoms with Crippen LogP contribution < -0.4 is 0 Å². The highest BCUT2D eigenvalue weighted by Gasteiger charge is 2.53. The van der Waals surface area contributed by atoms with E-state index in [9.17, 15) is 4.39 Å². The molecule has 2 aromatic rings. The van der Waals surface area contributed by atoms with Gasteiger partial charge < -0.3 is 14.5 Å². The van der Waals surface area contributed by atoms with E-state index < -0.39 is 11.8 Å². The van der Waals surface area contributed by atoms with E-state index in [1.165, 1.54) is 17.7 Å². The Labute approximate surface area is 175 Å². The third kappa shape index (κ3) is 3.01. The van der Waals surface area contributed by atoms with Gasteiger partial charge in [-0.15, -0.1) is 0 Å². The Bertz CT molecular complexity index is 1010. The van der Waals surface area contributed by atoms with Crippen molar-refractivity contribution in [2.45, 2.75) is 30.7 Å². The van der Waals surface area contributed by atoms with Crippen molar-refractivity contribution in [1.82, 2.24) is 9.80 Å². The summed E-state index contributed by atoms with van der Waals surface area (Å²) in [5.74, 6) is -0.276. The van der Waals surface area contributed by atoms with Gasteiger partial charge in [-0.1, -0.05) is 43.0 Å². The first-order chi connectivity index (χ1) is 14.5. The molecule has 0 amide bonds. The number of fused-ring (bicyclic) bond motifs is 1. The number of hydrogen-bond acceptors (Lipinski definition) is 4. The number of aliphatic imine (C=N–C) groups is 1. The minimum atomic E-state index is -1.15. The third-order valence-electron chi connectivity index (χ3n) is 6.48. The van der Waals surface area contributed by atoms with E-state index in [2.05, 4.69) is 33.5 Å². The molecular weight excluding hydrogens is 384 g/mol. The minimum absolute atomic E-state index is 0.184. The fourth-order valence-corrected chi connectivity index (χ4v) is 4.87. The molecule has 5 rings (SSSR count). The predicted octanol–water partition coefficient (Wildman–Crippen LogP) is 4.09. The van der Waals surface area contributed by atoms with E-state index in [0.29, 0.717) is 37.8 Å². The first kappa shape index (κ1) is 19.2. The van der Waals surface area contributed by atoms with Crippen molar-refractivity contribution in [2.75, 3.05) is 26.7 Å². The summed E-state index contributed by atoms with van der Waals surface area (Å²) in [6.45, 7) is 5.84. The Morgan fingerprint density at radius 3 is 2.70 bits per heavy atom. The van der Waals surface area contributed by atoms with Gasteiger partial charge in [0, 0.05) is 19.6 Å². The minimum Gasteiger partial charge on any atom is -0.447 e. The number of hydrogen-bond donors (Lipinski definition) is 0. The van der Waals surface area contributed by atoms with Crippen molar-refractivity contribution in [2.24, 2.45) is 4.99 Å². The van der Waals surface area contributed by atoms with Crippen LogP contribution in [0.5, 0.6) is 0 Å². The van der Waals surface area contributed by atoms with E-state index in [-0.39, 0.29) is 11.9 Å². The Kier molecular flexibility index (Phi) is 4.62. The molecule has 0 saturated carbocycles. The van der Waals surface area contributed by atoms with E-state index in [1.807, 2.05) is 19.2 Å². The summed E-state index contributed by atoms with van der Waals surface area (Å²) in [6.07, 6.45) is 0.0702. The molecule has 0 N–H and O–H groups in total. The van der Waals surface area contributed by atoms with Crippen LogP contribution in [0.2, 0.25) is 0 Å². The second kappa shape index (κ2) is 7.20. The molecule has 3 heterocycles. The highest BCUT2D eigenvalue weighted by Crippen LogP contribution is 2.42. The topological polar surface area (TPSA) is 28.1 Å². The molecule has 156 valence electrons. The lowest BCUT2D eigenvalue weighted by Gasteiger charge is -2.43. The lowest BCUT2D eigenvalue weighted by atomic mass is 9.88. The Hall–Kier alpha value is -2.73. The van der Waals surface area contributed by atoms with Crippen LogP contribution >= 0.6 is 0 Å². The molecule has 0 aromatic heterocycles. The Morgan fingerprint density at radius 1 is 1.13 bits per heavy atom. The SMILES string of the molecule is C=C1N=C(N2CCc3ccccc3[C@@H]2c2ccc(F)cc2)O[C@]12CN(C)CC[C@@H]2F. The zero-order chi connectivity index (χ0) is 20.9. The quantitative estimate of drug-likeness (QED) is 0.710. The molecule has 3 aliphatic rings. The van der Waals surface area contributed by atoms with E-state index in [1.54, 1.807) is 12.1 Å². The van der Waals surface area contributed by atoms with Gasteiger partial charge in [-0.2, -0.15) is 4.99 Å². The highest BCUT2D eigenvalue weighted by molar-refractivity contribution is 5.80. The summed E-state index contributed by atoms with van der Waals surface area (Å²) in [5, 5.41) is 0. The van der Waals surface area contributed by atoms with Crippen molar-refractivity contribution in [3.8, 4) is 0 Å². The molecule has 1 saturated heterocycles. The number of benzene rings is 2. The van der Waals surface area contributed by atoms with Crippen LogP contribution in [-0.2, 0) is 11.2 Å². The lowest BCUT2D eigenvalue weighted by molar-refractivity contribution is -0.0447. The molecule has 0 radical (unpaired) electrons. The van der Waals surface area contributed by atoms with Gasteiger partial charge in [-0.3, -0.25) is 0 Å². The molecule has 3 atom stereocenters. The molecule has 1 fully saturated rings. The van der Waals surface area contributed by atoms with Crippen LogP contribution in [0.4, 0.5) is 8.78 Å². The summed E-state index contributed by atoms with van der Waals surface area (Å²) in [4.78, 5) is 8.75. The second-order valence-corrected chi connectivity index (χ2v) is 8.42. The summed E-state index contributed by atoms with van der Waals surface area (Å²) in [7, 11) is 1.96. The maximum atomic E-state index is 15.1. The maximum absolute atomic E-state index is 15.1. The van der Waals surface area contributed by atoms with E-state index in [0.717, 1.165) is 17.5 Å². The lowest BCUT2D eigenvalue weighted by Crippen LogP contribution is -2.56. The molecule has 0 bridgehead atoms. The molecule has 0 unspecified atom stereocenters. The van der Waals surface area contributed by atoms with Crippen molar-refractivity contribution >= 4 is 6.02 Å². The summed E-state index contributed by atoms with van der Waals surface area (Å²) in [6, 6.07) is 15.0. The fraction of sp³-hybridized carbons (Fsp3) is 0.375. The van der Waals surface area contributed by atoms with Crippen LogP contribution in [0.25, 0.3) is 0 Å².